The molecule has 0 aliphatic heterocycles. The molecule has 0 unspecified atom stereocenters. The van der Waals surface area contributed by atoms with Crippen molar-refractivity contribution < 1.29 is 9.85 Å². The fourth-order valence-corrected chi connectivity index (χ4v) is 2.81. The number of rotatable bonds is 2. The average Bonchev–Trinajstić information content (AvgIpc) is 2.72. The molecule has 3 rings (SSSR count). The molecule has 0 radical (unpaired) electrons. The van der Waals surface area contributed by atoms with Gasteiger partial charge in [0.2, 0.25) is 0 Å². The predicted molar refractivity (Wildman–Crippen MR) is 105 cm³/mol. The van der Waals surface area contributed by atoms with Crippen LogP contribution in [0.1, 0.15) is 36.8 Å². The summed E-state index contributed by atoms with van der Waals surface area (Å²) in [5.74, 6) is 12.4. The van der Waals surface area contributed by atoms with Crippen molar-refractivity contribution in [3.63, 3.8) is 0 Å². The molecular formula is C22H16N2O4. The molecule has 0 fully saturated rings. The summed E-state index contributed by atoms with van der Waals surface area (Å²) in [5.41, 5.74) is 3.48. The van der Waals surface area contributed by atoms with Gasteiger partial charge in [-0.15, -0.1) is 0 Å². The summed E-state index contributed by atoms with van der Waals surface area (Å²) in [4.78, 5) is 20.6. The number of hydrogen-bond donors (Lipinski definition) is 0. The fourth-order valence-electron chi connectivity index (χ4n) is 2.81. The summed E-state index contributed by atoms with van der Waals surface area (Å²) in [7, 11) is 0. The van der Waals surface area contributed by atoms with Crippen molar-refractivity contribution >= 4 is 11.4 Å². The molecule has 0 atom stereocenters. The molecule has 0 bridgehead atoms. The largest absolute Gasteiger partial charge is 0.269 e. The Bertz CT molecular complexity index is 972. The van der Waals surface area contributed by atoms with E-state index in [1.807, 2.05) is 0 Å². The third-order valence-electron chi connectivity index (χ3n) is 4.34. The van der Waals surface area contributed by atoms with Crippen LogP contribution in [-0.2, 0) is 0 Å². The minimum Gasteiger partial charge on any atom is -0.258 e. The first-order valence-electron chi connectivity index (χ1n) is 8.78. The van der Waals surface area contributed by atoms with Crippen LogP contribution >= 0.6 is 0 Å². The smallest absolute Gasteiger partial charge is 0.258 e. The molecule has 1 aliphatic rings. The van der Waals surface area contributed by atoms with E-state index in [4.69, 9.17) is 0 Å². The molecule has 2 aromatic carbocycles. The van der Waals surface area contributed by atoms with Gasteiger partial charge in [0.05, 0.1) is 9.85 Å². The second-order valence-electron chi connectivity index (χ2n) is 6.27. The van der Waals surface area contributed by atoms with E-state index in [1.165, 1.54) is 24.3 Å². The van der Waals surface area contributed by atoms with Crippen molar-refractivity contribution in [2.24, 2.45) is 0 Å². The minimum atomic E-state index is -0.438. The molecular weight excluding hydrogens is 356 g/mol. The number of hydrogen-bond acceptors (Lipinski definition) is 4. The van der Waals surface area contributed by atoms with E-state index in [9.17, 15) is 20.2 Å². The Kier molecular flexibility index (Phi) is 5.84. The molecule has 1 aliphatic carbocycles. The Hall–Kier alpha value is -3.90. The van der Waals surface area contributed by atoms with Gasteiger partial charge in [0.15, 0.2) is 0 Å². The maximum atomic E-state index is 10.7. The summed E-state index contributed by atoms with van der Waals surface area (Å²) in [6, 6.07) is 12.3. The van der Waals surface area contributed by atoms with Gasteiger partial charge in [-0.1, -0.05) is 23.7 Å². The van der Waals surface area contributed by atoms with Crippen molar-refractivity contribution in [1.82, 2.24) is 0 Å². The quantitative estimate of drug-likeness (QED) is 0.431. The highest BCUT2D eigenvalue weighted by Gasteiger charge is 2.10. The maximum Gasteiger partial charge on any atom is 0.269 e. The normalized spacial score (nSPS) is 13.0. The Balaban J connectivity index is 1.83. The monoisotopic (exact) mass is 372 g/mol. The number of allylic oxidation sites excluding steroid dienone is 2. The second kappa shape index (κ2) is 8.66. The van der Waals surface area contributed by atoms with Crippen LogP contribution in [0.3, 0.4) is 0 Å². The van der Waals surface area contributed by atoms with E-state index in [2.05, 4.69) is 23.7 Å². The Morgan fingerprint density at radius 3 is 1.29 bits per heavy atom. The average molecular weight is 372 g/mol. The van der Waals surface area contributed by atoms with Crippen LogP contribution in [0, 0.1) is 43.9 Å². The van der Waals surface area contributed by atoms with Gasteiger partial charge in [-0.25, -0.2) is 0 Å². The summed E-state index contributed by atoms with van der Waals surface area (Å²) in [6.45, 7) is 0. The molecule has 0 heterocycles. The molecule has 6 nitrogen and oxygen atoms in total. The van der Waals surface area contributed by atoms with Crippen LogP contribution in [0.15, 0.2) is 59.7 Å². The highest BCUT2D eigenvalue weighted by molar-refractivity contribution is 5.51. The van der Waals surface area contributed by atoms with Crippen molar-refractivity contribution in [2.75, 3.05) is 0 Å². The van der Waals surface area contributed by atoms with Crippen molar-refractivity contribution in [3.8, 4) is 23.7 Å². The number of benzene rings is 2. The highest BCUT2D eigenvalue weighted by atomic mass is 16.6. The van der Waals surface area contributed by atoms with Crippen LogP contribution in [0.2, 0.25) is 0 Å². The highest BCUT2D eigenvalue weighted by Crippen LogP contribution is 2.24. The molecule has 138 valence electrons. The molecule has 0 amide bonds. The van der Waals surface area contributed by atoms with Gasteiger partial charge in [0.25, 0.3) is 11.4 Å². The Morgan fingerprint density at radius 2 is 0.964 bits per heavy atom. The minimum absolute atomic E-state index is 0.0390. The standard InChI is InChI=1S/C22H16N2O4/c25-23(26)21-13-7-17(8-14-21)5-11-19-3-1-2-4-20(19)12-6-18-9-15-22(16-10-18)24(27)28/h7-10,13-16H,1-4H2. The topological polar surface area (TPSA) is 86.3 Å². The first kappa shape index (κ1) is 18.9. The van der Waals surface area contributed by atoms with Crippen LogP contribution in [-0.4, -0.2) is 9.85 Å². The van der Waals surface area contributed by atoms with Gasteiger partial charge in [-0.3, -0.25) is 20.2 Å². The van der Waals surface area contributed by atoms with Gasteiger partial charge in [-0.2, -0.15) is 0 Å². The van der Waals surface area contributed by atoms with E-state index in [0.717, 1.165) is 36.8 Å². The lowest BCUT2D eigenvalue weighted by atomic mass is 9.92. The number of nitro groups is 2. The van der Waals surface area contributed by atoms with Gasteiger partial charge in [0.1, 0.15) is 0 Å². The molecule has 0 saturated heterocycles. The van der Waals surface area contributed by atoms with Gasteiger partial charge in [0, 0.05) is 46.5 Å². The Labute approximate surface area is 162 Å². The third-order valence-corrected chi connectivity index (χ3v) is 4.34. The molecule has 0 spiro atoms. The second-order valence-corrected chi connectivity index (χ2v) is 6.27. The lowest BCUT2D eigenvalue weighted by Gasteiger charge is -2.11. The SMILES string of the molecule is O=[N+]([O-])c1ccc(C#CC2=C(C#Cc3ccc([N+](=O)[O-])cc3)CCCC2)cc1. The third kappa shape index (κ3) is 4.84. The summed E-state index contributed by atoms with van der Waals surface area (Å²) < 4.78 is 0. The van der Waals surface area contributed by atoms with E-state index in [0.29, 0.717) is 11.1 Å². The van der Waals surface area contributed by atoms with Crippen molar-refractivity contribution in [3.05, 3.63) is 91.0 Å². The molecule has 2 aromatic rings. The Morgan fingerprint density at radius 1 is 0.607 bits per heavy atom. The van der Waals surface area contributed by atoms with E-state index >= 15 is 0 Å². The first-order chi connectivity index (χ1) is 13.5. The summed E-state index contributed by atoms with van der Waals surface area (Å²) >= 11 is 0. The lowest BCUT2D eigenvalue weighted by Crippen LogP contribution is -1.97. The maximum absolute atomic E-state index is 10.7. The zero-order valence-corrected chi connectivity index (χ0v) is 15.0. The fraction of sp³-hybridized carbons (Fsp3) is 0.182. The molecule has 0 aromatic heterocycles. The zero-order valence-electron chi connectivity index (χ0n) is 15.0. The molecule has 28 heavy (non-hydrogen) atoms. The van der Waals surface area contributed by atoms with E-state index < -0.39 is 9.85 Å². The van der Waals surface area contributed by atoms with Gasteiger partial charge < -0.3 is 0 Å². The predicted octanol–water partition coefficient (Wildman–Crippen LogP) is 4.78. The first-order valence-corrected chi connectivity index (χ1v) is 8.78. The van der Waals surface area contributed by atoms with Crippen LogP contribution < -0.4 is 0 Å². The molecule has 0 saturated carbocycles. The van der Waals surface area contributed by atoms with E-state index in [1.54, 1.807) is 24.3 Å². The summed E-state index contributed by atoms with van der Waals surface area (Å²) in [5, 5.41) is 21.4. The number of nitro benzene ring substituents is 2. The molecule has 0 N–H and O–H groups in total. The van der Waals surface area contributed by atoms with Crippen LogP contribution in [0.5, 0.6) is 0 Å². The zero-order chi connectivity index (χ0) is 19.9. The lowest BCUT2D eigenvalue weighted by molar-refractivity contribution is -0.385. The number of non-ortho nitro benzene ring substituents is 2. The number of nitrogens with zero attached hydrogens (tertiary/aromatic N) is 2. The molecule has 6 heteroatoms. The van der Waals surface area contributed by atoms with Crippen LogP contribution in [0.25, 0.3) is 0 Å². The van der Waals surface area contributed by atoms with E-state index in [-0.39, 0.29) is 11.4 Å². The van der Waals surface area contributed by atoms with Crippen molar-refractivity contribution in [2.45, 2.75) is 25.7 Å². The van der Waals surface area contributed by atoms with Crippen molar-refractivity contribution in [1.29, 1.82) is 0 Å². The summed E-state index contributed by atoms with van der Waals surface area (Å²) in [6.07, 6.45) is 3.80. The van der Waals surface area contributed by atoms with Crippen LogP contribution in [0.4, 0.5) is 11.4 Å². The van der Waals surface area contributed by atoms with Gasteiger partial charge >= 0.3 is 0 Å². The van der Waals surface area contributed by atoms with Gasteiger partial charge in [-0.05, 0) is 49.9 Å².